The summed E-state index contributed by atoms with van der Waals surface area (Å²) in [6.45, 7) is 4.41. The lowest BCUT2D eigenvalue weighted by Crippen LogP contribution is -2.18. The van der Waals surface area contributed by atoms with Gasteiger partial charge in [0.2, 0.25) is 0 Å². The van der Waals surface area contributed by atoms with Gasteiger partial charge in [-0.15, -0.1) is 0 Å². The second-order valence-corrected chi connectivity index (χ2v) is 7.52. The quantitative estimate of drug-likeness (QED) is 0.224. The molecule has 27 heavy (non-hydrogen) atoms. The highest BCUT2D eigenvalue weighted by atomic mass is 16.5. The third-order valence-electron chi connectivity index (χ3n) is 5.07. The molecule has 0 aliphatic rings. The van der Waals surface area contributed by atoms with E-state index >= 15 is 0 Å². The van der Waals surface area contributed by atoms with Crippen LogP contribution >= 0.6 is 0 Å². The van der Waals surface area contributed by atoms with Crippen molar-refractivity contribution >= 4 is 5.97 Å². The number of hydrogen-bond acceptors (Lipinski definition) is 3. The topological polar surface area (TPSA) is 35.5 Å². The number of rotatable bonds is 16. The Bertz CT molecular complexity index is 498. The van der Waals surface area contributed by atoms with Crippen molar-refractivity contribution in [3.8, 4) is 5.75 Å². The maximum absolute atomic E-state index is 12.4. The van der Waals surface area contributed by atoms with E-state index in [0.29, 0.717) is 11.3 Å². The van der Waals surface area contributed by atoms with E-state index in [1.54, 1.807) is 19.2 Å². The molecule has 0 aliphatic carbocycles. The lowest BCUT2D eigenvalue weighted by molar-refractivity contribution is 0.0253. The Balaban J connectivity index is 2.22. The van der Waals surface area contributed by atoms with Crippen LogP contribution in [0.25, 0.3) is 0 Å². The third-order valence-corrected chi connectivity index (χ3v) is 5.07. The molecule has 154 valence electrons. The van der Waals surface area contributed by atoms with Crippen molar-refractivity contribution < 1.29 is 14.3 Å². The number of methoxy groups -OCH3 is 1. The average Bonchev–Trinajstić information content (AvgIpc) is 2.69. The molecule has 0 amide bonds. The second-order valence-electron chi connectivity index (χ2n) is 7.52. The summed E-state index contributed by atoms with van der Waals surface area (Å²) in [4.78, 5) is 12.4. The summed E-state index contributed by atoms with van der Waals surface area (Å²) in [5, 5.41) is 0. The fourth-order valence-corrected chi connectivity index (χ4v) is 3.41. The van der Waals surface area contributed by atoms with Crippen molar-refractivity contribution in [2.24, 2.45) is 0 Å². The van der Waals surface area contributed by atoms with Gasteiger partial charge in [0.15, 0.2) is 0 Å². The monoisotopic (exact) mass is 376 g/mol. The van der Waals surface area contributed by atoms with E-state index < -0.39 is 0 Å². The SMILES string of the molecule is CCCCCCCCCCCCC(CCC)OC(=O)c1cccc(OC)c1. The van der Waals surface area contributed by atoms with Crippen LogP contribution in [-0.2, 0) is 4.74 Å². The lowest BCUT2D eigenvalue weighted by atomic mass is 10.0. The highest BCUT2D eigenvalue weighted by molar-refractivity contribution is 5.89. The molecule has 0 heterocycles. The Morgan fingerprint density at radius 2 is 1.48 bits per heavy atom. The summed E-state index contributed by atoms with van der Waals surface area (Å²) in [5.74, 6) is 0.450. The van der Waals surface area contributed by atoms with Gasteiger partial charge in [-0.1, -0.05) is 84.1 Å². The average molecular weight is 377 g/mol. The van der Waals surface area contributed by atoms with Gasteiger partial charge in [-0.25, -0.2) is 4.79 Å². The molecule has 0 bridgehead atoms. The van der Waals surface area contributed by atoms with Gasteiger partial charge in [-0.3, -0.25) is 0 Å². The molecule has 1 aromatic carbocycles. The van der Waals surface area contributed by atoms with Gasteiger partial charge in [0.1, 0.15) is 11.9 Å². The number of hydrogen-bond donors (Lipinski definition) is 0. The Kier molecular flexibility index (Phi) is 13.5. The van der Waals surface area contributed by atoms with Crippen LogP contribution in [0, 0.1) is 0 Å². The molecule has 3 nitrogen and oxygen atoms in total. The summed E-state index contributed by atoms with van der Waals surface area (Å²) < 4.78 is 11.0. The molecule has 1 aromatic rings. The standard InChI is InChI=1S/C24H40O3/c1-4-6-7-8-9-10-11-12-13-14-18-22(16-5-2)27-24(25)21-17-15-19-23(20-21)26-3/h15,17,19-20,22H,4-14,16,18H2,1-3H3. The number of carbonyl (C=O) groups excluding carboxylic acids is 1. The highest BCUT2D eigenvalue weighted by Gasteiger charge is 2.15. The van der Waals surface area contributed by atoms with Gasteiger partial charge < -0.3 is 9.47 Å². The van der Waals surface area contributed by atoms with Crippen molar-refractivity contribution in [3.63, 3.8) is 0 Å². The van der Waals surface area contributed by atoms with Gasteiger partial charge in [-0.05, 0) is 37.5 Å². The van der Waals surface area contributed by atoms with Crippen LogP contribution in [0.3, 0.4) is 0 Å². The molecular weight excluding hydrogens is 336 g/mol. The first-order valence-corrected chi connectivity index (χ1v) is 11.1. The van der Waals surface area contributed by atoms with E-state index in [1.807, 2.05) is 12.1 Å². The number of esters is 1. The first-order valence-electron chi connectivity index (χ1n) is 11.1. The molecule has 0 radical (unpaired) electrons. The Morgan fingerprint density at radius 3 is 2.07 bits per heavy atom. The van der Waals surface area contributed by atoms with Gasteiger partial charge in [0.05, 0.1) is 12.7 Å². The van der Waals surface area contributed by atoms with Crippen LogP contribution in [-0.4, -0.2) is 19.2 Å². The first-order chi connectivity index (χ1) is 13.2. The molecule has 0 spiro atoms. The molecule has 0 fully saturated rings. The molecule has 0 N–H and O–H groups in total. The molecule has 0 aliphatic heterocycles. The van der Waals surface area contributed by atoms with Crippen molar-refractivity contribution in [1.82, 2.24) is 0 Å². The Hall–Kier alpha value is -1.51. The van der Waals surface area contributed by atoms with Crippen LogP contribution in [0.15, 0.2) is 24.3 Å². The summed E-state index contributed by atoms with van der Waals surface area (Å²) in [7, 11) is 1.61. The van der Waals surface area contributed by atoms with Gasteiger partial charge in [0, 0.05) is 0 Å². The Labute approximate surface area is 166 Å². The zero-order chi connectivity index (χ0) is 19.7. The first kappa shape index (κ1) is 23.5. The summed E-state index contributed by atoms with van der Waals surface area (Å²) in [6, 6.07) is 7.19. The van der Waals surface area contributed by atoms with Crippen molar-refractivity contribution in [2.75, 3.05) is 7.11 Å². The molecule has 0 saturated carbocycles. The van der Waals surface area contributed by atoms with E-state index in [4.69, 9.17) is 9.47 Å². The molecular formula is C24H40O3. The van der Waals surface area contributed by atoms with Crippen LogP contribution in [0.1, 0.15) is 108 Å². The van der Waals surface area contributed by atoms with Crippen molar-refractivity contribution in [1.29, 1.82) is 0 Å². The number of carbonyl (C=O) groups is 1. The molecule has 0 aromatic heterocycles. The fourth-order valence-electron chi connectivity index (χ4n) is 3.41. The minimum atomic E-state index is -0.237. The van der Waals surface area contributed by atoms with E-state index in [9.17, 15) is 4.79 Å². The molecule has 3 heteroatoms. The summed E-state index contributed by atoms with van der Waals surface area (Å²) in [5.41, 5.74) is 0.568. The minimum absolute atomic E-state index is 0.0303. The van der Waals surface area contributed by atoms with Gasteiger partial charge in [0.25, 0.3) is 0 Å². The summed E-state index contributed by atoms with van der Waals surface area (Å²) in [6.07, 6.45) is 16.3. The number of unbranched alkanes of at least 4 members (excludes halogenated alkanes) is 9. The normalized spacial score (nSPS) is 12.0. The maximum Gasteiger partial charge on any atom is 0.338 e. The highest BCUT2D eigenvalue weighted by Crippen LogP contribution is 2.18. The fraction of sp³-hybridized carbons (Fsp3) is 0.708. The third kappa shape index (κ3) is 11.0. The van der Waals surface area contributed by atoms with Crippen molar-refractivity contribution in [2.45, 2.75) is 103 Å². The van der Waals surface area contributed by atoms with Gasteiger partial charge >= 0.3 is 5.97 Å². The second kappa shape index (κ2) is 15.5. The zero-order valence-electron chi connectivity index (χ0n) is 17.8. The Morgan fingerprint density at radius 1 is 0.852 bits per heavy atom. The summed E-state index contributed by atoms with van der Waals surface area (Å²) >= 11 is 0. The molecule has 1 rings (SSSR count). The zero-order valence-corrected chi connectivity index (χ0v) is 17.8. The number of ether oxygens (including phenoxy) is 2. The number of benzene rings is 1. The van der Waals surface area contributed by atoms with Crippen LogP contribution in [0.5, 0.6) is 5.75 Å². The minimum Gasteiger partial charge on any atom is -0.497 e. The van der Waals surface area contributed by atoms with Crippen LogP contribution in [0.4, 0.5) is 0 Å². The van der Waals surface area contributed by atoms with Crippen molar-refractivity contribution in [3.05, 3.63) is 29.8 Å². The van der Waals surface area contributed by atoms with E-state index in [-0.39, 0.29) is 12.1 Å². The van der Waals surface area contributed by atoms with Gasteiger partial charge in [-0.2, -0.15) is 0 Å². The predicted octanol–water partition coefficient (Wildman–Crippen LogP) is 7.33. The van der Waals surface area contributed by atoms with Crippen LogP contribution in [0.2, 0.25) is 0 Å². The van der Waals surface area contributed by atoms with E-state index in [0.717, 1.165) is 25.7 Å². The predicted molar refractivity (Wildman–Crippen MR) is 114 cm³/mol. The lowest BCUT2D eigenvalue weighted by Gasteiger charge is -2.17. The largest absolute Gasteiger partial charge is 0.497 e. The van der Waals surface area contributed by atoms with E-state index in [1.165, 1.54) is 57.8 Å². The molecule has 1 atom stereocenters. The van der Waals surface area contributed by atoms with E-state index in [2.05, 4.69) is 13.8 Å². The smallest absolute Gasteiger partial charge is 0.338 e. The molecule has 1 unspecified atom stereocenters. The maximum atomic E-state index is 12.4. The van der Waals surface area contributed by atoms with Crippen LogP contribution < -0.4 is 4.74 Å². The molecule has 0 saturated heterocycles.